The Bertz CT molecular complexity index is 961. The lowest BCUT2D eigenvalue weighted by atomic mass is 9.84. The molecule has 33 heavy (non-hydrogen) atoms. The quantitative estimate of drug-likeness (QED) is 0.296. The number of hydrogen-bond acceptors (Lipinski definition) is 6. The van der Waals surface area contributed by atoms with Gasteiger partial charge in [0.15, 0.2) is 0 Å². The summed E-state index contributed by atoms with van der Waals surface area (Å²) in [5.74, 6) is 0.00814. The van der Waals surface area contributed by atoms with E-state index in [-0.39, 0.29) is 18.7 Å². The average Bonchev–Trinajstić information content (AvgIpc) is 2.82. The lowest BCUT2D eigenvalue weighted by Crippen LogP contribution is -2.24. The summed E-state index contributed by atoms with van der Waals surface area (Å²) in [5.41, 5.74) is 14.6. The molecule has 0 amide bonds. The molecule has 0 spiro atoms. The molecule has 1 fully saturated rings. The summed E-state index contributed by atoms with van der Waals surface area (Å²) < 4.78 is 10.9. The van der Waals surface area contributed by atoms with Crippen molar-refractivity contribution in [2.24, 2.45) is 5.92 Å². The van der Waals surface area contributed by atoms with Crippen LogP contribution in [0.2, 0.25) is 0 Å². The second kappa shape index (κ2) is 12.1. The zero-order chi connectivity index (χ0) is 23.6. The SMILES string of the molecule is CCCCC1CCC(OC(=O)c2ccc(C=CC(=O)OCc3ccc(N)cc3N)cc2)CC1. The molecule has 0 atom stereocenters. The lowest BCUT2D eigenvalue weighted by molar-refractivity contribution is -0.138. The van der Waals surface area contributed by atoms with Crippen LogP contribution >= 0.6 is 0 Å². The Kier molecular flexibility index (Phi) is 8.93. The van der Waals surface area contributed by atoms with E-state index in [0.29, 0.717) is 22.5 Å². The van der Waals surface area contributed by atoms with Crippen LogP contribution in [0.1, 0.15) is 73.4 Å². The number of unbranched alkanes of at least 4 members (excludes halogenated alkanes) is 1. The van der Waals surface area contributed by atoms with Crippen LogP contribution in [0.15, 0.2) is 48.5 Å². The van der Waals surface area contributed by atoms with E-state index in [1.165, 1.54) is 25.3 Å². The summed E-state index contributed by atoms with van der Waals surface area (Å²) >= 11 is 0. The number of carbonyl (C=O) groups is 2. The number of benzene rings is 2. The zero-order valence-corrected chi connectivity index (χ0v) is 19.3. The predicted molar refractivity (Wildman–Crippen MR) is 131 cm³/mol. The molecule has 0 aromatic heterocycles. The van der Waals surface area contributed by atoms with Gasteiger partial charge in [-0.25, -0.2) is 9.59 Å². The molecule has 0 radical (unpaired) electrons. The number of hydrogen-bond donors (Lipinski definition) is 2. The van der Waals surface area contributed by atoms with Crippen LogP contribution in [0.25, 0.3) is 6.08 Å². The van der Waals surface area contributed by atoms with Gasteiger partial charge in [-0.3, -0.25) is 0 Å². The highest BCUT2D eigenvalue weighted by molar-refractivity contribution is 5.90. The number of anilines is 2. The molecular formula is C27H34N2O4. The van der Waals surface area contributed by atoms with E-state index in [1.807, 2.05) is 0 Å². The summed E-state index contributed by atoms with van der Waals surface area (Å²) in [6, 6.07) is 12.1. The van der Waals surface area contributed by atoms with Crippen molar-refractivity contribution in [3.63, 3.8) is 0 Å². The van der Waals surface area contributed by atoms with Crippen molar-refractivity contribution in [2.45, 2.75) is 64.6 Å². The van der Waals surface area contributed by atoms with E-state index in [2.05, 4.69) is 6.92 Å². The number of carbonyl (C=O) groups excluding carboxylic acids is 2. The van der Waals surface area contributed by atoms with Crippen molar-refractivity contribution >= 4 is 29.4 Å². The number of nitrogens with two attached hydrogens (primary N) is 2. The van der Waals surface area contributed by atoms with Crippen molar-refractivity contribution in [3.05, 3.63) is 65.2 Å². The maximum atomic E-state index is 12.5. The first-order chi connectivity index (χ1) is 15.9. The highest BCUT2D eigenvalue weighted by Crippen LogP contribution is 2.30. The summed E-state index contributed by atoms with van der Waals surface area (Å²) in [6.07, 6.45) is 11.0. The largest absolute Gasteiger partial charge is 0.459 e. The molecule has 0 aliphatic heterocycles. The Morgan fingerprint density at radius 1 is 1.03 bits per heavy atom. The van der Waals surface area contributed by atoms with Crippen LogP contribution < -0.4 is 11.5 Å². The van der Waals surface area contributed by atoms with Crippen molar-refractivity contribution in [3.8, 4) is 0 Å². The van der Waals surface area contributed by atoms with E-state index in [0.717, 1.165) is 37.2 Å². The Morgan fingerprint density at radius 2 is 1.76 bits per heavy atom. The fourth-order valence-electron chi connectivity index (χ4n) is 4.09. The van der Waals surface area contributed by atoms with Gasteiger partial charge in [-0.15, -0.1) is 0 Å². The van der Waals surface area contributed by atoms with Gasteiger partial charge in [0.2, 0.25) is 0 Å². The molecule has 0 unspecified atom stereocenters. The van der Waals surface area contributed by atoms with E-state index in [9.17, 15) is 9.59 Å². The summed E-state index contributed by atoms with van der Waals surface area (Å²) in [5, 5.41) is 0. The van der Waals surface area contributed by atoms with Crippen LogP contribution in [0.4, 0.5) is 11.4 Å². The topological polar surface area (TPSA) is 105 Å². The van der Waals surface area contributed by atoms with Gasteiger partial charge in [0.05, 0.1) is 5.56 Å². The Hall–Kier alpha value is -3.28. The number of ether oxygens (including phenoxy) is 2. The van der Waals surface area contributed by atoms with Crippen molar-refractivity contribution in [2.75, 3.05) is 11.5 Å². The molecule has 1 aliphatic carbocycles. The monoisotopic (exact) mass is 450 g/mol. The third-order valence-electron chi connectivity index (χ3n) is 6.13. The van der Waals surface area contributed by atoms with Gasteiger partial charge in [-0.05, 0) is 67.5 Å². The van der Waals surface area contributed by atoms with Gasteiger partial charge < -0.3 is 20.9 Å². The number of rotatable bonds is 9. The van der Waals surface area contributed by atoms with E-state index in [4.69, 9.17) is 20.9 Å². The molecular weight excluding hydrogens is 416 g/mol. The first kappa shape index (κ1) is 24.4. The first-order valence-corrected chi connectivity index (χ1v) is 11.7. The molecule has 1 saturated carbocycles. The van der Waals surface area contributed by atoms with Crippen LogP contribution in [0, 0.1) is 5.92 Å². The Balaban J connectivity index is 1.44. The average molecular weight is 451 g/mol. The zero-order valence-electron chi connectivity index (χ0n) is 19.3. The van der Waals surface area contributed by atoms with Gasteiger partial charge >= 0.3 is 11.9 Å². The molecule has 2 aromatic carbocycles. The fourth-order valence-corrected chi connectivity index (χ4v) is 4.09. The molecule has 3 rings (SSSR count). The van der Waals surface area contributed by atoms with E-state index >= 15 is 0 Å². The van der Waals surface area contributed by atoms with Crippen molar-refractivity contribution in [1.82, 2.24) is 0 Å². The van der Waals surface area contributed by atoms with Crippen LogP contribution in [0.5, 0.6) is 0 Å². The van der Waals surface area contributed by atoms with Crippen LogP contribution in [-0.2, 0) is 20.9 Å². The number of nitrogen functional groups attached to an aromatic ring is 2. The van der Waals surface area contributed by atoms with Gasteiger partial charge in [-0.2, -0.15) is 0 Å². The molecule has 176 valence electrons. The highest BCUT2D eigenvalue weighted by atomic mass is 16.5. The second-order valence-corrected chi connectivity index (χ2v) is 8.71. The molecule has 6 heteroatoms. The Labute approximate surface area is 195 Å². The summed E-state index contributed by atoms with van der Waals surface area (Å²) in [6.45, 7) is 2.29. The minimum absolute atomic E-state index is 0.0137. The molecule has 1 aliphatic rings. The minimum Gasteiger partial charge on any atom is -0.459 e. The van der Waals surface area contributed by atoms with Crippen molar-refractivity contribution in [1.29, 1.82) is 0 Å². The van der Waals surface area contributed by atoms with E-state index in [1.54, 1.807) is 48.5 Å². The van der Waals surface area contributed by atoms with Gasteiger partial charge in [0, 0.05) is 23.0 Å². The third-order valence-corrected chi connectivity index (χ3v) is 6.13. The fraction of sp³-hybridized carbons (Fsp3) is 0.407. The maximum Gasteiger partial charge on any atom is 0.338 e. The molecule has 0 heterocycles. The highest BCUT2D eigenvalue weighted by Gasteiger charge is 2.24. The predicted octanol–water partition coefficient (Wildman–Crippen LogP) is 5.51. The van der Waals surface area contributed by atoms with Gasteiger partial charge in [-0.1, -0.05) is 44.4 Å². The lowest BCUT2D eigenvalue weighted by Gasteiger charge is -2.28. The molecule has 4 N–H and O–H groups in total. The normalized spacial score (nSPS) is 18.2. The number of esters is 2. The third kappa shape index (κ3) is 7.67. The van der Waals surface area contributed by atoms with Gasteiger partial charge in [0.25, 0.3) is 0 Å². The summed E-state index contributed by atoms with van der Waals surface area (Å²) in [7, 11) is 0. The maximum absolute atomic E-state index is 12.5. The minimum atomic E-state index is -0.482. The second-order valence-electron chi connectivity index (χ2n) is 8.71. The van der Waals surface area contributed by atoms with Crippen LogP contribution in [0.3, 0.4) is 0 Å². The standard InChI is InChI=1S/C27H34N2O4/c1-2-3-4-19-7-14-24(15-8-19)33-27(31)21-10-5-20(6-11-21)9-16-26(30)32-18-22-12-13-23(28)17-25(22)29/h5-6,9-13,16-17,19,24H,2-4,7-8,14-15,18,28-29H2,1H3. The van der Waals surface area contributed by atoms with Crippen LogP contribution in [-0.4, -0.2) is 18.0 Å². The van der Waals surface area contributed by atoms with E-state index < -0.39 is 5.97 Å². The Morgan fingerprint density at radius 3 is 2.42 bits per heavy atom. The first-order valence-electron chi connectivity index (χ1n) is 11.7. The molecule has 6 nitrogen and oxygen atoms in total. The smallest absolute Gasteiger partial charge is 0.338 e. The van der Waals surface area contributed by atoms with Crippen molar-refractivity contribution < 1.29 is 19.1 Å². The van der Waals surface area contributed by atoms with Gasteiger partial charge in [0.1, 0.15) is 12.7 Å². The molecule has 0 bridgehead atoms. The summed E-state index contributed by atoms with van der Waals surface area (Å²) in [4.78, 5) is 24.5. The molecule has 2 aromatic rings. The molecule has 0 saturated heterocycles.